The standard InChI is InChI=1S/C12H15ClFNO/c1-6-2-5-8(13)9(10(6)14)11(15)12(16)7-3-4-7/h2,5,7,11-12,16H,3-4,15H2,1H3/t11-,12+/m1/s1. The molecule has 1 fully saturated rings. The first-order chi connectivity index (χ1) is 7.52. The van der Waals surface area contributed by atoms with Crippen molar-refractivity contribution in [2.75, 3.05) is 0 Å². The molecule has 16 heavy (non-hydrogen) atoms. The van der Waals surface area contributed by atoms with Gasteiger partial charge in [-0.05, 0) is 37.3 Å². The number of halogens is 2. The molecule has 1 aromatic rings. The van der Waals surface area contributed by atoms with E-state index in [4.69, 9.17) is 17.3 Å². The van der Waals surface area contributed by atoms with Crippen LogP contribution in [0.3, 0.4) is 0 Å². The molecule has 4 heteroatoms. The van der Waals surface area contributed by atoms with Gasteiger partial charge in [0.2, 0.25) is 0 Å². The minimum atomic E-state index is -0.736. The van der Waals surface area contributed by atoms with E-state index in [1.165, 1.54) is 0 Å². The molecule has 2 atom stereocenters. The van der Waals surface area contributed by atoms with Crippen molar-refractivity contribution in [2.45, 2.75) is 31.9 Å². The fraction of sp³-hybridized carbons (Fsp3) is 0.500. The number of aryl methyl sites for hydroxylation is 1. The van der Waals surface area contributed by atoms with Crippen LogP contribution < -0.4 is 5.73 Å². The molecule has 0 saturated heterocycles. The summed E-state index contributed by atoms with van der Waals surface area (Å²) in [5, 5.41) is 10.2. The second kappa shape index (κ2) is 4.32. The Bertz CT molecular complexity index is 406. The molecule has 0 unspecified atom stereocenters. The number of aliphatic hydroxyl groups excluding tert-OH is 1. The van der Waals surface area contributed by atoms with Gasteiger partial charge in [0.1, 0.15) is 5.82 Å². The Morgan fingerprint density at radius 3 is 2.69 bits per heavy atom. The third-order valence-corrected chi connectivity index (χ3v) is 3.46. The molecule has 3 N–H and O–H groups in total. The SMILES string of the molecule is Cc1ccc(Cl)c([C@@H](N)[C@@H](O)C2CC2)c1F. The van der Waals surface area contributed by atoms with Crippen LogP contribution in [-0.2, 0) is 0 Å². The lowest BCUT2D eigenvalue weighted by Gasteiger charge is -2.21. The zero-order valence-corrected chi connectivity index (χ0v) is 9.84. The molecule has 1 saturated carbocycles. The number of aliphatic hydroxyl groups is 1. The number of hydrogen-bond acceptors (Lipinski definition) is 2. The highest BCUT2D eigenvalue weighted by molar-refractivity contribution is 6.31. The highest BCUT2D eigenvalue weighted by Crippen LogP contribution is 2.39. The van der Waals surface area contributed by atoms with Gasteiger partial charge < -0.3 is 10.8 Å². The van der Waals surface area contributed by atoms with Crippen LogP contribution in [0.2, 0.25) is 5.02 Å². The van der Waals surface area contributed by atoms with Gasteiger partial charge in [-0.25, -0.2) is 4.39 Å². The summed E-state index contributed by atoms with van der Waals surface area (Å²) in [6.45, 7) is 1.66. The molecule has 2 nitrogen and oxygen atoms in total. The predicted octanol–water partition coefficient (Wildman–Crippen LogP) is 2.56. The van der Waals surface area contributed by atoms with Crippen LogP contribution >= 0.6 is 11.6 Å². The van der Waals surface area contributed by atoms with E-state index in [2.05, 4.69) is 0 Å². The molecule has 0 amide bonds. The first-order valence-electron chi connectivity index (χ1n) is 5.40. The third kappa shape index (κ3) is 2.08. The molecule has 0 spiro atoms. The fourth-order valence-electron chi connectivity index (χ4n) is 1.89. The summed E-state index contributed by atoms with van der Waals surface area (Å²) in [6, 6.07) is 2.49. The summed E-state index contributed by atoms with van der Waals surface area (Å²) in [6.07, 6.45) is 1.22. The number of rotatable bonds is 3. The maximum absolute atomic E-state index is 13.9. The van der Waals surface area contributed by atoms with Crippen molar-refractivity contribution >= 4 is 11.6 Å². The Morgan fingerprint density at radius 1 is 1.50 bits per heavy atom. The lowest BCUT2D eigenvalue weighted by atomic mass is 9.97. The average molecular weight is 244 g/mol. The van der Waals surface area contributed by atoms with E-state index < -0.39 is 18.0 Å². The van der Waals surface area contributed by atoms with E-state index in [-0.39, 0.29) is 16.5 Å². The molecule has 0 aromatic heterocycles. The van der Waals surface area contributed by atoms with Crippen LogP contribution in [0.4, 0.5) is 4.39 Å². The summed E-state index contributed by atoms with van der Waals surface area (Å²) in [7, 11) is 0. The minimum Gasteiger partial charge on any atom is -0.391 e. The predicted molar refractivity (Wildman–Crippen MR) is 61.8 cm³/mol. The monoisotopic (exact) mass is 243 g/mol. The minimum absolute atomic E-state index is 0.200. The molecule has 0 bridgehead atoms. The molecule has 0 radical (unpaired) electrons. The van der Waals surface area contributed by atoms with Gasteiger partial charge >= 0.3 is 0 Å². The van der Waals surface area contributed by atoms with Crippen molar-refractivity contribution in [3.63, 3.8) is 0 Å². The van der Waals surface area contributed by atoms with Crippen LogP contribution in [0.25, 0.3) is 0 Å². The van der Waals surface area contributed by atoms with Gasteiger partial charge in [-0.15, -0.1) is 0 Å². The van der Waals surface area contributed by atoms with E-state index in [0.717, 1.165) is 12.8 Å². The van der Waals surface area contributed by atoms with Crippen molar-refractivity contribution in [1.29, 1.82) is 0 Å². The van der Waals surface area contributed by atoms with E-state index in [9.17, 15) is 9.50 Å². The molecule has 1 aromatic carbocycles. The average Bonchev–Trinajstić information content (AvgIpc) is 3.06. The first kappa shape index (κ1) is 11.8. The zero-order valence-electron chi connectivity index (χ0n) is 9.08. The smallest absolute Gasteiger partial charge is 0.132 e. The first-order valence-corrected chi connectivity index (χ1v) is 5.78. The summed E-state index contributed by atoms with van der Waals surface area (Å²) < 4.78 is 13.9. The van der Waals surface area contributed by atoms with E-state index in [1.54, 1.807) is 19.1 Å². The zero-order chi connectivity index (χ0) is 11.9. The fourth-order valence-corrected chi connectivity index (χ4v) is 2.16. The molecule has 0 aliphatic heterocycles. The summed E-state index contributed by atoms with van der Waals surface area (Å²) in [4.78, 5) is 0. The molecule has 2 rings (SSSR count). The van der Waals surface area contributed by atoms with Crippen LogP contribution in [0.15, 0.2) is 12.1 Å². The summed E-state index contributed by atoms with van der Waals surface area (Å²) in [5.74, 6) is -0.203. The largest absolute Gasteiger partial charge is 0.391 e. The quantitative estimate of drug-likeness (QED) is 0.857. The van der Waals surface area contributed by atoms with Gasteiger partial charge in [-0.3, -0.25) is 0 Å². The molecular formula is C12H15ClFNO. The van der Waals surface area contributed by atoms with Crippen LogP contribution in [-0.4, -0.2) is 11.2 Å². The van der Waals surface area contributed by atoms with E-state index in [0.29, 0.717) is 5.56 Å². The topological polar surface area (TPSA) is 46.2 Å². The highest BCUT2D eigenvalue weighted by atomic mass is 35.5. The van der Waals surface area contributed by atoms with Crippen molar-refractivity contribution in [3.8, 4) is 0 Å². The summed E-state index contributed by atoms with van der Waals surface area (Å²) in [5.41, 5.74) is 6.61. The van der Waals surface area contributed by atoms with Gasteiger partial charge in [0.05, 0.1) is 12.1 Å². The number of benzene rings is 1. The molecule has 1 aliphatic rings. The van der Waals surface area contributed by atoms with Gasteiger partial charge in [-0.1, -0.05) is 17.7 Å². The van der Waals surface area contributed by atoms with Gasteiger partial charge in [0.25, 0.3) is 0 Å². The van der Waals surface area contributed by atoms with Crippen molar-refractivity contribution < 1.29 is 9.50 Å². The molecule has 1 aliphatic carbocycles. The second-order valence-electron chi connectivity index (χ2n) is 4.45. The Labute approximate surface area is 99.2 Å². The van der Waals surface area contributed by atoms with Crippen molar-refractivity contribution in [1.82, 2.24) is 0 Å². The second-order valence-corrected chi connectivity index (χ2v) is 4.85. The van der Waals surface area contributed by atoms with Gasteiger partial charge in [0.15, 0.2) is 0 Å². The Hall–Kier alpha value is -0.640. The maximum atomic E-state index is 13.9. The molecule has 88 valence electrons. The van der Waals surface area contributed by atoms with Crippen LogP contribution in [0.5, 0.6) is 0 Å². The maximum Gasteiger partial charge on any atom is 0.132 e. The third-order valence-electron chi connectivity index (χ3n) is 3.13. The number of hydrogen-bond donors (Lipinski definition) is 2. The Morgan fingerprint density at radius 2 is 2.12 bits per heavy atom. The van der Waals surface area contributed by atoms with Crippen molar-refractivity contribution in [3.05, 3.63) is 34.1 Å². The Balaban J connectivity index is 2.34. The van der Waals surface area contributed by atoms with E-state index in [1.807, 2.05) is 0 Å². The Kier molecular flexibility index (Phi) is 3.19. The van der Waals surface area contributed by atoms with Crippen LogP contribution in [0.1, 0.15) is 30.0 Å². The van der Waals surface area contributed by atoms with Gasteiger partial charge in [-0.2, -0.15) is 0 Å². The van der Waals surface area contributed by atoms with Crippen LogP contribution in [0, 0.1) is 18.7 Å². The molecular weight excluding hydrogens is 229 g/mol. The number of nitrogens with two attached hydrogens (primary N) is 1. The molecule has 0 heterocycles. The highest BCUT2D eigenvalue weighted by Gasteiger charge is 2.36. The lowest BCUT2D eigenvalue weighted by molar-refractivity contribution is 0.121. The lowest BCUT2D eigenvalue weighted by Crippen LogP contribution is -2.29. The van der Waals surface area contributed by atoms with E-state index >= 15 is 0 Å². The van der Waals surface area contributed by atoms with Gasteiger partial charge in [0, 0.05) is 10.6 Å². The normalized spacial score (nSPS) is 19.6. The van der Waals surface area contributed by atoms with Crippen molar-refractivity contribution in [2.24, 2.45) is 11.7 Å². The summed E-state index contributed by atoms with van der Waals surface area (Å²) >= 11 is 5.93.